The molecule has 0 spiro atoms. The van der Waals surface area contributed by atoms with Crippen molar-refractivity contribution in [3.05, 3.63) is 63.9 Å². The summed E-state index contributed by atoms with van der Waals surface area (Å²) in [6.45, 7) is 5.88. The summed E-state index contributed by atoms with van der Waals surface area (Å²) in [6, 6.07) is 13.3. The average Bonchev–Trinajstić information content (AvgIpc) is 2.39. The molecule has 3 heteroatoms. The van der Waals surface area contributed by atoms with Gasteiger partial charge >= 0.3 is 0 Å². The lowest BCUT2D eigenvalue weighted by Gasteiger charge is -2.24. The molecule has 0 unspecified atom stereocenters. The molecule has 0 atom stereocenters. The molecule has 19 heavy (non-hydrogen) atoms. The molecular formula is C16H17BrFN. The van der Waals surface area contributed by atoms with E-state index in [1.165, 1.54) is 23.4 Å². The fourth-order valence-electron chi connectivity index (χ4n) is 2.00. The minimum atomic E-state index is -0.214. The van der Waals surface area contributed by atoms with E-state index in [1.54, 1.807) is 0 Å². The molecule has 0 bridgehead atoms. The van der Waals surface area contributed by atoms with Gasteiger partial charge in [0.05, 0.1) is 0 Å². The molecule has 0 amide bonds. The first-order valence-electron chi connectivity index (χ1n) is 6.35. The summed E-state index contributed by atoms with van der Waals surface area (Å²) in [5.74, 6) is -0.214. The van der Waals surface area contributed by atoms with Gasteiger partial charge in [-0.05, 0) is 43.7 Å². The van der Waals surface area contributed by atoms with Crippen LogP contribution in [0.3, 0.4) is 0 Å². The molecule has 0 saturated heterocycles. The van der Waals surface area contributed by atoms with Gasteiger partial charge in [0, 0.05) is 23.2 Å². The molecule has 0 heterocycles. The van der Waals surface area contributed by atoms with E-state index in [1.807, 2.05) is 6.07 Å². The Labute approximate surface area is 122 Å². The van der Waals surface area contributed by atoms with E-state index in [-0.39, 0.29) is 5.82 Å². The third kappa shape index (κ3) is 3.57. The predicted molar refractivity (Wildman–Crippen MR) is 82.0 cm³/mol. The zero-order valence-electron chi connectivity index (χ0n) is 11.2. The monoisotopic (exact) mass is 321 g/mol. The number of benzene rings is 2. The summed E-state index contributed by atoms with van der Waals surface area (Å²) < 4.78 is 13.9. The van der Waals surface area contributed by atoms with Gasteiger partial charge < -0.3 is 4.90 Å². The van der Waals surface area contributed by atoms with Crippen LogP contribution in [-0.2, 0) is 6.54 Å². The molecular weight excluding hydrogens is 305 g/mol. The van der Waals surface area contributed by atoms with Crippen LogP contribution < -0.4 is 4.90 Å². The Hall–Kier alpha value is -1.35. The highest BCUT2D eigenvalue weighted by Gasteiger charge is 2.08. The third-order valence-corrected chi connectivity index (χ3v) is 3.90. The van der Waals surface area contributed by atoms with Crippen LogP contribution in [0.15, 0.2) is 46.9 Å². The van der Waals surface area contributed by atoms with Crippen molar-refractivity contribution in [2.45, 2.75) is 20.4 Å². The maximum Gasteiger partial charge on any atom is 0.124 e. The molecule has 1 nitrogen and oxygen atoms in total. The van der Waals surface area contributed by atoms with Crippen molar-refractivity contribution < 1.29 is 4.39 Å². The van der Waals surface area contributed by atoms with Gasteiger partial charge in [0.15, 0.2) is 0 Å². The Bertz CT molecular complexity index is 551. The summed E-state index contributed by atoms with van der Waals surface area (Å²) in [5.41, 5.74) is 3.52. The van der Waals surface area contributed by atoms with Gasteiger partial charge in [-0.15, -0.1) is 0 Å². The van der Waals surface area contributed by atoms with Gasteiger partial charge in [-0.3, -0.25) is 0 Å². The van der Waals surface area contributed by atoms with Crippen LogP contribution in [0.25, 0.3) is 0 Å². The number of anilines is 1. The second-order valence-electron chi connectivity index (χ2n) is 4.59. The van der Waals surface area contributed by atoms with Crippen molar-refractivity contribution in [1.82, 2.24) is 0 Å². The van der Waals surface area contributed by atoms with E-state index in [9.17, 15) is 4.39 Å². The number of rotatable bonds is 4. The van der Waals surface area contributed by atoms with Crippen LogP contribution in [0.1, 0.15) is 18.1 Å². The van der Waals surface area contributed by atoms with Crippen molar-refractivity contribution in [1.29, 1.82) is 0 Å². The third-order valence-electron chi connectivity index (χ3n) is 3.16. The molecule has 2 aromatic rings. The molecule has 0 fully saturated rings. The fraction of sp³-hybridized carbons (Fsp3) is 0.250. The Morgan fingerprint density at radius 1 is 1.11 bits per heavy atom. The summed E-state index contributed by atoms with van der Waals surface area (Å²) in [7, 11) is 0. The molecule has 0 aliphatic rings. The molecule has 2 aromatic carbocycles. The van der Waals surface area contributed by atoms with E-state index in [2.05, 4.69) is 58.9 Å². The number of hydrogen-bond acceptors (Lipinski definition) is 1. The minimum Gasteiger partial charge on any atom is -0.367 e. The van der Waals surface area contributed by atoms with Gasteiger partial charge in [-0.25, -0.2) is 4.39 Å². The summed E-state index contributed by atoms with van der Waals surface area (Å²) in [4.78, 5) is 2.26. The maximum atomic E-state index is 13.1. The zero-order valence-corrected chi connectivity index (χ0v) is 12.7. The lowest BCUT2D eigenvalue weighted by molar-refractivity contribution is 0.625. The molecule has 0 radical (unpaired) electrons. The SMILES string of the molecule is CCN(Cc1ccc(F)cc1Br)c1ccc(C)cc1. The lowest BCUT2D eigenvalue weighted by Crippen LogP contribution is -2.22. The van der Waals surface area contributed by atoms with E-state index >= 15 is 0 Å². The van der Waals surface area contributed by atoms with Crippen LogP contribution in [0.4, 0.5) is 10.1 Å². The highest BCUT2D eigenvalue weighted by molar-refractivity contribution is 9.10. The first-order chi connectivity index (χ1) is 9.10. The van der Waals surface area contributed by atoms with E-state index < -0.39 is 0 Å². The molecule has 0 aromatic heterocycles. The first-order valence-corrected chi connectivity index (χ1v) is 7.15. The number of nitrogens with zero attached hydrogens (tertiary/aromatic N) is 1. The zero-order chi connectivity index (χ0) is 13.8. The maximum absolute atomic E-state index is 13.1. The predicted octanol–water partition coefficient (Wildman–Crippen LogP) is 4.92. The van der Waals surface area contributed by atoms with Gasteiger partial charge in [0.25, 0.3) is 0 Å². The van der Waals surface area contributed by atoms with Crippen molar-refractivity contribution in [3.63, 3.8) is 0 Å². The van der Waals surface area contributed by atoms with E-state index in [4.69, 9.17) is 0 Å². The second-order valence-corrected chi connectivity index (χ2v) is 5.44. The summed E-state index contributed by atoms with van der Waals surface area (Å²) in [6.07, 6.45) is 0. The van der Waals surface area contributed by atoms with Crippen LogP contribution in [-0.4, -0.2) is 6.54 Å². The van der Waals surface area contributed by atoms with Crippen molar-refractivity contribution >= 4 is 21.6 Å². The quantitative estimate of drug-likeness (QED) is 0.772. The Kier molecular flexibility index (Phi) is 4.59. The fourth-order valence-corrected chi connectivity index (χ4v) is 2.47. The van der Waals surface area contributed by atoms with Gasteiger partial charge in [-0.1, -0.05) is 39.7 Å². The highest BCUT2D eigenvalue weighted by Crippen LogP contribution is 2.23. The summed E-state index contributed by atoms with van der Waals surface area (Å²) in [5, 5.41) is 0. The van der Waals surface area contributed by atoms with Crippen LogP contribution >= 0.6 is 15.9 Å². The number of aryl methyl sites for hydroxylation is 1. The van der Waals surface area contributed by atoms with Crippen LogP contribution in [0.2, 0.25) is 0 Å². The molecule has 100 valence electrons. The second kappa shape index (κ2) is 6.20. The Morgan fingerprint density at radius 2 is 1.79 bits per heavy atom. The van der Waals surface area contributed by atoms with Crippen LogP contribution in [0, 0.1) is 12.7 Å². The summed E-state index contributed by atoms with van der Waals surface area (Å²) >= 11 is 3.42. The molecule has 0 aliphatic heterocycles. The van der Waals surface area contributed by atoms with Gasteiger partial charge in [0.1, 0.15) is 5.82 Å². The highest BCUT2D eigenvalue weighted by atomic mass is 79.9. The first kappa shape index (κ1) is 14.1. The molecule has 2 rings (SSSR count). The van der Waals surface area contributed by atoms with Crippen LogP contribution in [0.5, 0.6) is 0 Å². The number of hydrogen-bond donors (Lipinski definition) is 0. The standard InChI is InChI=1S/C16H17BrFN/c1-3-19(15-8-4-12(2)5-9-15)11-13-6-7-14(18)10-16(13)17/h4-10H,3,11H2,1-2H3. The van der Waals surface area contributed by atoms with E-state index in [0.29, 0.717) is 0 Å². The molecule has 0 aliphatic carbocycles. The van der Waals surface area contributed by atoms with E-state index in [0.717, 1.165) is 23.1 Å². The largest absolute Gasteiger partial charge is 0.367 e. The lowest BCUT2D eigenvalue weighted by atomic mass is 10.1. The minimum absolute atomic E-state index is 0.214. The van der Waals surface area contributed by atoms with Gasteiger partial charge in [0.2, 0.25) is 0 Å². The Balaban J connectivity index is 2.21. The Morgan fingerprint density at radius 3 is 2.37 bits per heavy atom. The van der Waals surface area contributed by atoms with Crippen molar-refractivity contribution in [2.75, 3.05) is 11.4 Å². The number of halogens is 2. The normalized spacial score (nSPS) is 10.5. The van der Waals surface area contributed by atoms with Crippen molar-refractivity contribution in [3.8, 4) is 0 Å². The van der Waals surface area contributed by atoms with Gasteiger partial charge in [-0.2, -0.15) is 0 Å². The topological polar surface area (TPSA) is 3.24 Å². The average molecular weight is 322 g/mol. The smallest absolute Gasteiger partial charge is 0.124 e. The van der Waals surface area contributed by atoms with Crippen molar-refractivity contribution in [2.24, 2.45) is 0 Å². The molecule has 0 saturated carbocycles. The molecule has 0 N–H and O–H groups in total.